The largest absolute Gasteiger partial charge is 0.481 e. The zero-order valence-electron chi connectivity index (χ0n) is 9.08. The van der Waals surface area contributed by atoms with E-state index in [0.717, 1.165) is 0 Å². The summed E-state index contributed by atoms with van der Waals surface area (Å²) in [6.45, 7) is 1.84. The van der Waals surface area contributed by atoms with Gasteiger partial charge in [0.15, 0.2) is 12.4 Å². The molecule has 17 heavy (non-hydrogen) atoms. The molecule has 0 aliphatic carbocycles. The van der Waals surface area contributed by atoms with Gasteiger partial charge < -0.3 is 14.8 Å². The van der Waals surface area contributed by atoms with Crippen LogP contribution in [0.5, 0.6) is 5.75 Å². The van der Waals surface area contributed by atoms with Gasteiger partial charge in [0.05, 0.1) is 12.3 Å². The lowest BCUT2D eigenvalue weighted by atomic mass is 10.1. The van der Waals surface area contributed by atoms with E-state index in [1.165, 1.54) is 12.1 Å². The van der Waals surface area contributed by atoms with Gasteiger partial charge in [-0.1, -0.05) is 11.6 Å². The van der Waals surface area contributed by atoms with E-state index in [1.807, 2.05) is 0 Å². The summed E-state index contributed by atoms with van der Waals surface area (Å²) in [6.07, 6.45) is 0. The Morgan fingerprint density at radius 2 is 2.35 bits per heavy atom. The van der Waals surface area contributed by atoms with Gasteiger partial charge in [0.2, 0.25) is 0 Å². The number of carbonyl (C=O) groups is 2. The Morgan fingerprint density at radius 3 is 3.06 bits per heavy atom. The topological polar surface area (TPSA) is 64.6 Å². The van der Waals surface area contributed by atoms with Crippen LogP contribution in [0.3, 0.4) is 0 Å². The molecule has 5 nitrogen and oxygen atoms in total. The number of nitrogens with one attached hydrogen (secondary N) is 1. The second kappa shape index (κ2) is 4.63. The molecule has 2 rings (SSSR count). The van der Waals surface area contributed by atoms with Crippen LogP contribution in [-0.4, -0.2) is 25.1 Å². The van der Waals surface area contributed by atoms with E-state index in [9.17, 15) is 9.59 Å². The molecule has 1 heterocycles. The molecule has 90 valence electrons. The number of amides is 1. The third kappa shape index (κ3) is 2.34. The quantitative estimate of drug-likeness (QED) is 0.819. The van der Waals surface area contributed by atoms with Gasteiger partial charge in [-0.05, 0) is 19.1 Å². The molecule has 1 aromatic rings. The lowest BCUT2D eigenvalue weighted by molar-refractivity contribution is -0.118. The fourth-order valence-electron chi connectivity index (χ4n) is 1.53. The van der Waals surface area contributed by atoms with Crippen molar-refractivity contribution in [3.8, 4) is 5.75 Å². The average Bonchev–Trinajstić information content (AvgIpc) is 2.27. The van der Waals surface area contributed by atoms with Gasteiger partial charge in [-0.2, -0.15) is 0 Å². The molecule has 0 saturated carbocycles. The van der Waals surface area contributed by atoms with Crippen molar-refractivity contribution in [3.05, 3.63) is 22.7 Å². The molecule has 6 heteroatoms. The highest BCUT2D eigenvalue weighted by Gasteiger charge is 2.24. The summed E-state index contributed by atoms with van der Waals surface area (Å²) in [6, 6.07) is 2.98. The minimum absolute atomic E-state index is 0.124. The van der Waals surface area contributed by atoms with Crippen LogP contribution < -0.4 is 10.1 Å². The van der Waals surface area contributed by atoms with E-state index in [0.29, 0.717) is 16.5 Å². The molecular formula is C11H10ClNO4. The molecule has 0 aromatic heterocycles. The van der Waals surface area contributed by atoms with Gasteiger partial charge in [0, 0.05) is 5.02 Å². The first kappa shape index (κ1) is 11.7. The standard InChI is InChI=1S/C11H10ClNO4/c1-2-16-11(15)7-3-6(12)4-8-10(7)17-5-9(14)13-8/h3-4H,2,5H2,1H3,(H,13,14). The van der Waals surface area contributed by atoms with E-state index < -0.39 is 5.97 Å². The SMILES string of the molecule is CCOC(=O)c1cc(Cl)cc2c1OCC(=O)N2. The molecule has 0 unspecified atom stereocenters. The number of benzene rings is 1. The highest BCUT2D eigenvalue weighted by atomic mass is 35.5. The smallest absolute Gasteiger partial charge is 0.342 e. The minimum atomic E-state index is -0.526. The van der Waals surface area contributed by atoms with Crippen molar-refractivity contribution in [2.45, 2.75) is 6.92 Å². The van der Waals surface area contributed by atoms with Crippen molar-refractivity contribution in [1.82, 2.24) is 0 Å². The summed E-state index contributed by atoms with van der Waals surface area (Å²) in [7, 11) is 0. The fourth-order valence-corrected chi connectivity index (χ4v) is 1.74. The second-order valence-electron chi connectivity index (χ2n) is 3.39. The maximum absolute atomic E-state index is 11.7. The molecule has 1 aliphatic heterocycles. The van der Waals surface area contributed by atoms with Crippen LogP contribution in [-0.2, 0) is 9.53 Å². The first-order valence-electron chi connectivity index (χ1n) is 5.05. The van der Waals surface area contributed by atoms with Crippen molar-refractivity contribution in [2.75, 3.05) is 18.5 Å². The van der Waals surface area contributed by atoms with E-state index in [-0.39, 0.29) is 24.7 Å². The summed E-state index contributed by atoms with van der Waals surface area (Å²) in [5.74, 6) is -0.510. The number of anilines is 1. The van der Waals surface area contributed by atoms with E-state index in [2.05, 4.69) is 5.32 Å². The van der Waals surface area contributed by atoms with Gasteiger partial charge >= 0.3 is 5.97 Å². The van der Waals surface area contributed by atoms with Crippen LogP contribution in [0.4, 0.5) is 5.69 Å². The molecule has 0 radical (unpaired) electrons. The number of carbonyl (C=O) groups excluding carboxylic acids is 2. The van der Waals surface area contributed by atoms with Crippen molar-refractivity contribution < 1.29 is 19.1 Å². The zero-order chi connectivity index (χ0) is 12.4. The van der Waals surface area contributed by atoms with Crippen LogP contribution in [0, 0.1) is 0 Å². The van der Waals surface area contributed by atoms with Crippen LogP contribution in [0.1, 0.15) is 17.3 Å². The summed E-state index contributed by atoms with van der Waals surface area (Å²) in [5.41, 5.74) is 0.603. The zero-order valence-corrected chi connectivity index (χ0v) is 9.84. The van der Waals surface area contributed by atoms with Crippen LogP contribution in [0.15, 0.2) is 12.1 Å². The van der Waals surface area contributed by atoms with Crippen molar-refractivity contribution >= 4 is 29.2 Å². The lowest BCUT2D eigenvalue weighted by Gasteiger charge is -2.20. The van der Waals surface area contributed by atoms with Crippen LogP contribution in [0.2, 0.25) is 5.02 Å². The van der Waals surface area contributed by atoms with E-state index in [1.54, 1.807) is 6.92 Å². The van der Waals surface area contributed by atoms with E-state index in [4.69, 9.17) is 21.1 Å². The highest BCUT2D eigenvalue weighted by molar-refractivity contribution is 6.31. The number of esters is 1. The Bertz CT molecular complexity index is 487. The Labute approximate surface area is 103 Å². The summed E-state index contributed by atoms with van der Waals surface area (Å²) in [4.78, 5) is 22.8. The number of hydrogen-bond donors (Lipinski definition) is 1. The Hall–Kier alpha value is -1.75. The van der Waals surface area contributed by atoms with Crippen molar-refractivity contribution in [1.29, 1.82) is 0 Å². The molecule has 1 N–H and O–H groups in total. The first-order valence-corrected chi connectivity index (χ1v) is 5.43. The third-order valence-electron chi connectivity index (χ3n) is 2.17. The number of ether oxygens (including phenoxy) is 2. The summed E-state index contributed by atoms with van der Waals surface area (Å²) >= 11 is 5.86. The molecule has 0 bridgehead atoms. The first-order chi connectivity index (χ1) is 8.11. The number of fused-ring (bicyclic) bond motifs is 1. The molecule has 0 atom stereocenters. The predicted molar refractivity (Wildman–Crippen MR) is 61.5 cm³/mol. The Balaban J connectivity index is 2.45. The molecule has 1 amide bonds. The van der Waals surface area contributed by atoms with Gasteiger partial charge in [0.25, 0.3) is 5.91 Å². The minimum Gasteiger partial charge on any atom is -0.481 e. The summed E-state index contributed by atoms with van der Waals surface area (Å²) < 4.78 is 10.1. The monoisotopic (exact) mass is 255 g/mol. The third-order valence-corrected chi connectivity index (χ3v) is 2.39. The normalized spacial score (nSPS) is 13.4. The number of halogens is 1. The van der Waals surface area contributed by atoms with Gasteiger partial charge in [-0.15, -0.1) is 0 Å². The van der Waals surface area contributed by atoms with E-state index >= 15 is 0 Å². The van der Waals surface area contributed by atoms with Crippen molar-refractivity contribution in [2.24, 2.45) is 0 Å². The lowest BCUT2D eigenvalue weighted by Crippen LogP contribution is -2.26. The van der Waals surface area contributed by atoms with Crippen molar-refractivity contribution in [3.63, 3.8) is 0 Å². The molecule has 1 aromatic carbocycles. The molecular weight excluding hydrogens is 246 g/mol. The van der Waals surface area contributed by atoms with Gasteiger partial charge in [-0.3, -0.25) is 4.79 Å². The number of hydrogen-bond acceptors (Lipinski definition) is 4. The molecule has 0 spiro atoms. The Morgan fingerprint density at radius 1 is 1.59 bits per heavy atom. The number of rotatable bonds is 2. The second-order valence-corrected chi connectivity index (χ2v) is 3.82. The maximum atomic E-state index is 11.7. The predicted octanol–water partition coefficient (Wildman–Crippen LogP) is 1.85. The van der Waals surface area contributed by atoms with Gasteiger partial charge in [-0.25, -0.2) is 4.79 Å². The average molecular weight is 256 g/mol. The molecule has 1 aliphatic rings. The summed E-state index contributed by atoms with van der Waals surface area (Å²) in [5, 5.41) is 2.91. The molecule has 0 saturated heterocycles. The fraction of sp³-hybridized carbons (Fsp3) is 0.273. The molecule has 0 fully saturated rings. The highest BCUT2D eigenvalue weighted by Crippen LogP contribution is 2.35. The Kier molecular flexibility index (Phi) is 3.19. The van der Waals surface area contributed by atoms with Crippen LogP contribution >= 0.6 is 11.6 Å². The maximum Gasteiger partial charge on any atom is 0.342 e. The van der Waals surface area contributed by atoms with Gasteiger partial charge in [0.1, 0.15) is 5.56 Å². The van der Waals surface area contributed by atoms with Crippen LogP contribution in [0.25, 0.3) is 0 Å².